The van der Waals surface area contributed by atoms with Gasteiger partial charge in [0.25, 0.3) is 15.9 Å². The minimum Gasteiger partial charge on any atom is -0.493 e. The van der Waals surface area contributed by atoms with E-state index in [-0.39, 0.29) is 10.8 Å². The molecule has 0 saturated heterocycles. The number of hydrogen-bond donors (Lipinski definition) is 1. The van der Waals surface area contributed by atoms with Crippen LogP contribution in [0.5, 0.6) is 11.5 Å². The van der Waals surface area contributed by atoms with E-state index < -0.39 is 22.5 Å². The second-order valence-electron chi connectivity index (χ2n) is 9.69. The second-order valence-corrected chi connectivity index (χ2v) is 12.5. The molecule has 0 fully saturated rings. The standard InChI is InChI=1S/C32H32BrN3O5S/c1-23(2)26-12-16-28(17-13-26)36(42(38,39)29-7-5-4-6-8-29)21-32(37)35-34-20-25-11-18-30(31(19-25)40-3)41-22-24-9-14-27(33)15-10-24/h4-20,23H,21-22H2,1-3H3,(H,35,37)/b34-20-. The Bertz CT molecular complexity index is 1630. The zero-order valence-electron chi connectivity index (χ0n) is 23.5. The molecule has 0 atom stereocenters. The van der Waals surface area contributed by atoms with Crippen molar-refractivity contribution < 1.29 is 22.7 Å². The van der Waals surface area contributed by atoms with Crippen LogP contribution in [-0.2, 0) is 21.4 Å². The largest absolute Gasteiger partial charge is 0.493 e. The third-order valence-electron chi connectivity index (χ3n) is 6.36. The maximum atomic E-state index is 13.5. The summed E-state index contributed by atoms with van der Waals surface area (Å²) in [5, 5.41) is 4.04. The van der Waals surface area contributed by atoms with Crippen molar-refractivity contribution in [1.29, 1.82) is 0 Å². The van der Waals surface area contributed by atoms with E-state index in [0.29, 0.717) is 29.4 Å². The Morgan fingerprint density at radius 3 is 2.29 bits per heavy atom. The first-order valence-corrected chi connectivity index (χ1v) is 15.5. The summed E-state index contributed by atoms with van der Waals surface area (Å²) in [5.74, 6) is 0.751. The van der Waals surface area contributed by atoms with Gasteiger partial charge in [-0.2, -0.15) is 5.10 Å². The Morgan fingerprint density at radius 1 is 0.952 bits per heavy atom. The molecule has 4 rings (SSSR count). The van der Waals surface area contributed by atoms with Crippen molar-refractivity contribution in [3.8, 4) is 11.5 Å². The van der Waals surface area contributed by atoms with Gasteiger partial charge in [0.2, 0.25) is 0 Å². The molecule has 0 aromatic heterocycles. The van der Waals surface area contributed by atoms with Crippen LogP contribution in [0, 0.1) is 0 Å². The lowest BCUT2D eigenvalue weighted by Crippen LogP contribution is -2.39. The van der Waals surface area contributed by atoms with E-state index in [0.717, 1.165) is 19.9 Å². The summed E-state index contributed by atoms with van der Waals surface area (Å²) in [7, 11) is -2.47. The van der Waals surface area contributed by atoms with E-state index in [4.69, 9.17) is 9.47 Å². The van der Waals surface area contributed by atoms with Gasteiger partial charge in [-0.1, -0.05) is 72.2 Å². The van der Waals surface area contributed by atoms with Gasteiger partial charge < -0.3 is 9.47 Å². The number of carbonyl (C=O) groups is 1. The quantitative estimate of drug-likeness (QED) is 0.139. The first-order valence-electron chi connectivity index (χ1n) is 13.2. The van der Waals surface area contributed by atoms with E-state index in [9.17, 15) is 13.2 Å². The van der Waals surface area contributed by atoms with Gasteiger partial charge in [0.1, 0.15) is 13.2 Å². The van der Waals surface area contributed by atoms with Crippen molar-refractivity contribution in [2.45, 2.75) is 31.3 Å². The normalized spacial score (nSPS) is 11.5. The van der Waals surface area contributed by atoms with Crippen molar-refractivity contribution in [3.05, 3.63) is 118 Å². The molecule has 42 heavy (non-hydrogen) atoms. The number of nitrogens with one attached hydrogen (secondary N) is 1. The topological polar surface area (TPSA) is 97.3 Å². The van der Waals surface area contributed by atoms with Crippen molar-refractivity contribution in [2.24, 2.45) is 5.10 Å². The molecule has 0 saturated carbocycles. The number of ether oxygens (including phenoxy) is 2. The number of sulfonamides is 1. The molecule has 0 bridgehead atoms. The maximum absolute atomic E-state index is 13.5. The Kier molecular flexibility index (Phi) is 10.4. The van der Waals surface area contributed by atoms with E-state index in [1.54, 1.807) is 55.6 Å². The summed E-state index contributed by atoms with van der Waals surface area (Å²) in [5.41, 5.74) is 5.54. The van der Waals surface area contributed by atoms with E-state index in [1.165, 1.54) is 18.3 Å². The van der Waals surface area contributed by atoms with Crippen LogP contribution in [0.1, 0.15) is 36.5 Å². The summed E-state index contributed by atoms with van der Waals surface area (Å²) in [6, 6.07) is 28.3. The molecule has 0 heterocycles. The lowest BCUT2D eigenvalue weighted by atomic mass is 10.0. The Hall–Kier alpha value is -4.15. The highest BCUT2D eigenvalue weighted by Gasteiger charge is 2.27. The van der Waals surface area contributed by atoms with E-state index in [2.05, 4.69) is 40.3 Å². The molecule has 1 N–H and O–H groups in total. The lowest BCUT2D eigenvalue weighted by Gasteiger charge is -2.24. The lowest BCUT2D eigenvalue weighted by molar-refractivity contribution is -0.119. The van der Waals surface area contributed by atoms with Crippen molar-refractivity contribution in [2.75, 3.05) is 18.0 Å². The van der Waals surface area contributed by atoms with Gasteiger partial charge in [-0.25, -0.2) is 13.8 Å². The molecule has 0 aliphatic rings. The van der Waals surface area contributed by atoms with Crippen molar-refractivity contribution in [3.63, 3.8) is 0 Å². The van der Waals surface area contributed by atoms with Gasteiger partial charge in [-0.05, 0) is 77.2 Å². The van der Waals surface area contributed by atoms with Crippen molar-refractivity contribution >= 4 is 43.8 Å². The highest BCUT2D eigenvalue weighted by Crippen LogP contribution is 2.29. The van der Waals surface area contributed by atoms with Gasteiger partial charge in [0.15, 0.2) is 11.5 Å². The number of methoxy groups -OCH3 is 1. The fraction of sp³-hybridized carbons (Fsp3) is 0.188. The predicted molar refractivity (Wildman–Crippen MR) is 169 cm³/mol. The van der Waals surface area contributed by atoms with Crippen LogP contribution in [0.4, 0.5) is 5.69 Å². The Morgan fingerprint density at radius 2 is 1.64 bits per heavy atom. The first kappa shape index (κ1) is 30.8. The van der Waals surface area contributed by atoms with Crippen LogP contribution in [-0.4, -0.2) is 34.2 Å². The molecule has 8 nitrogen and oxygen atoms in total. The van der Waals surface area contributed by atoms with Crippen LogP contribution in [0.25, 0.3) is 0 Å². The molecule has 0 radical (unpaired) electrons. The summed E-state index contributed by atoms with van der Waals surface area (Å²) in [4.78, 5) is 13.0. The number of hydrazone groups is 1. The summed E-state index contributed by atoms with van der Waals surface area (Å²) in [6.07, 6.45) is 1.45. The summed E-state index contributed by atoms with van der Waals surface area (Å²) in [6.45, 7) is 4.02. The first-order chi connectivity index (χ1) is 20.2. The van der Waals surface area contributed by atoms with Crippen LogP contribution in [0.15, 0.2) is 112 Å². The molecule has 0 spiro atoms. The number of amides is 1. The van der Waals surface area contributed by atoms with Gasteiger partial charge in [0.05, 0.1) is 23.9 Å². The number of hydrogen-bond acceptors (Lipinski definition) is 6. The maximum Gasteiger partial charge on any atom is 0.264 e. The molecular formula is C32H32BrN3O5S. The van der Waals surface area contributed by atoms with E-state index >= 15 is 0 Å². The number of anilines is 1. The SMILES string of the molecule is COc1cc(/C=N\NC(=O)CN(c2ccc(C(C)C)cc2)S(=O)(=O)c2ccccc2)ccc1OCc1ccc(Br)cc1. The molecular weight excluding hydrogens is 618 g/mol. The van der Waals surface area contributed by atoms with Crippen LogP contribution >= 0.6 is 15.9 Å². The zero-order chi connectivity index (χ0) is 30.1. The van der Waals surface area contributed by atoms with Crippen molar-refractivity contribution in [1.82, 2.24) is 5.43 Å². The number of nitrogens with zero attached hydrogens (tertiary/aromatic N) is 2. The number of benzene rings is 4. The molecule has 0 unspecified atom stereocenters. The smallest absolute Gasteiger partial charge is 0.264 e. The molecule has 0 aliphatic heterocycles. The van der Waals surface area contributed by atoms with E-state index in [1.807, 2.05) is 36.4 Å². The van der Waals surface area contributed by atoms with Crippen LogP contribution < -0.4 is 19.2 Å². The second kappa shape index (κ2) is 14.2. The zero-order valence-corrected chi connectivity index (χ0v) is 25.9. The summed E-state index contributed by atoms with van der Waals surface area (Å²) < 4.78 is 40.5. The molecule has 10 heteroatoms. The van der Waals surface area contributed by atoms with Crippen LogP contribution in [0.3, 0.4) is 0 Å². The Labute approximate surface area is 255 Å². The average molecular weight is 651 g/mol. The average Bonchev–Trinajstić information content (AvgIpc) is 3.00. The number of halogens is 1. The fourth-order valence-corrected chi connectivity index (χ4v) is 5.74. The predicted octanol–water partition coefficient (Wildman–Crippen LogP) is 6.51. The summed E-state index contributed by atoms with van der Waals surface area (Å²) >= 11 is 3.42. The molecule has 4 aromatic rings. The van der Waals surface area contributed by atoms with Gasteiger partial charge >= 0.3 is 0 Å². The Balaban J connectivity index is 1.45. The molecule has 218 valence electrons. The minimum atomic E-state index is -4.01. The highest BCUT2D eigenvalue weighted by atomic mass is 79.9. The van der Waals surface area contributed by atoms with Gasteiger partial charge in [0, 0.05) is 4.47 Å². The highest BCUT2D eigenvalue weighted by molar-refractivity contribution is 9.10. The third kappa shape index (κ3) is 7.98. The molecule has 0 aliphatic carbocycles. The van der Waals surface area contributed by atoms with Gasteiger partial charge in [-0.15, -0.1) is 0 Å². The molecule has 1 amide bonds. The molecule has 4 aromatic carbocycles. The van der Waals surface area contributed by atoms with Crippen LogP contribution in [0.2, 0.25) is 0 Å². The number of carbonyl (C=O) groups excluding carboxylic acids is 1. The third-order valence-corrected chi connectivity index (χ3v) is 8.68. The fourth-order valence-electron chi connectivity index (χ4n) is 4.03. The minimum absolute atomic E-state index is 0.0868. The number of rotatable bonds is 12. The monoisotopic (exact) mass is 649 g/mol. The van der Waals surface area contributed by atoms with Gasteiger partial charge in [-0.3, -0.25) is 9.10 Å².